The molecule has 96 valence electrons. The number of imidazole rings is 1. The highest BCUT2D eigenvalue weighted by Crippen LogP contribution is 2.25. The lowest BCUT2D eigenvalue weighted by atomic mass is 10.1. The zero-order chi connectivity index (χ0) is 13.4. The van der Waals surface area contributed by atoms with Crippen molar-refractivity contribution in [2.45, 2.75) is 6.42 Å². The minimum Gasteiger partial charge on any atom is -0.297 e. The van der Waals surface area contributed by atoms with E-state index in [0.29, 0.717) is 17.0 Å². The molecule has 0 aliphatic rings. The lowest BCUT2D eigenvalue weighted by molar-refractivity contribution is -0.385. The Labute approximate surface area is 117 Å². The number of benzene rings is 1. The van der Waals surface area contributed by atoms with Gasteiger partial charge in [0, 0.05) is 40.8 Å². The third-order valence-electron chi connectivity index (χ3n) is 2.76. The number of fused-ring (bicyclic) bond motifs is 1. The molecule has 0 amide bonds. The van der Waals surface area contributed by atoms with E-state index in [4.69, 9.17) is 11.6 Å². The molecule has 2 heterocycles. The molecule has 0 aliphatic carbocycles. The summed E-state index contributed by atoms with van der Waals surface area (Å²) in [7, 11) is 0. The smallest absolute Gasteiger partial charge is 0.274 e. The van der Waals surface area contributed by atoms with E-state index in [1.807, 2.05) is 22.2 Å². The van der Waals surface area contributed by atoms with Crippen molar-refractivity contribution in [2.75, 3.05) is 0 Å². The van der Waals surface area contributed by atoms with E-state index in [1.54, 1.807) is 12.1 Å². The lowest BCUT2D eigenvalue weighted by Gasteiger charge is -2.01. The van der Waals surface area contributed by atoms with E-state index < -0.39 is 4.92 Å². The minimum atomic E-state index is -0.417. The molecule has 1 aromatic carbocycles. The van der Waals surface area contributed by atoms with Crippen molar-refractivity contribution in [3.8, 4) is 0 Å². The van der Waals surface area contributed by atoms with E-state index in [0.717, 1.165) is 10.7 Å². The number of rotatable bonds is 3. The topological polar surface area (TPSA) is 60.4 Å². The summed E-state index contributed by atoms with van der Waals surface area (Å²) < 4.78 is 1.90. The summed E-state index contributed by atoms with van der Waals surface area (Å²) in [4.78, 5) is 15.9. The summed E-state index contributed by atoms with van der Waals surface area (Å²) in [6.07, 6.45) is 4.21. The Bertz CT molecular complexity index is 737. The third kappa shape index (κ3) is 2.32. The zero-order valence-electron chi connectivity index (χ0n) is 9.62. The van der Waals surface area contributed by atoms with Gasteiger partial charge in [-0.2, -0.15) is 0 Å². The van der Waals surface area contributed by atoms with Gasteiger partial charge in [-0.1, -0.05) is 17.7 Å². The Kier molecular flexibility index (Phi) is 2.96. The van der Waals surface area contributed by atoms with Crippen molar-refractivity contribution >= 4 is 33.6 Å². The summed E-state index contributed by atoms with van der Waals surface area (Å²) >= 11 is 7.32. The van der Waals surface area contributed by atoms with Gasteiger partial charge in [0.25, 0.3) is 5.69 Å². The molecular formula is C12H8ClN3O2S. The number of aromatic nitrogens is 2. The SMILES string of the molecule is O=[N+]([O-])c1cc(Cl)ccc1Cc1cn2ccsc2n1. The number of nitro benzene ring substituents is 1. The number of hydrogen-bond donors (Lipinski definition) is 0. The first-order chi connectivity index (χ1) is 9.13. The molecule has 3 aromatic rings. The molecule has 3 rings (SSSR count). The molecule has 0 N–H and O–H groups in total. The first kappa shape index (κ1) is 12.1. The number of thiazole rings is 1. The van der Waals surface area contributed by atoms with Crippen LogP contribution in [0, 0.1) is 10.1 Å². The monoisotopic (exact) mass is 293 g/mol. The molecule has 0 aliphatic heterocycles. The van der Waals surface area contributed by atoms with Gasteiger partial charge in [-0.15, -0.1) is 11.3 Å². The van der Waals surface area contributed by atoms with Gasteiger partial charge in [0.15, 0.2) is 4.96 Å². The van der Waals surface area contributed by atoms with E-state index >= 15 is 0 Å². The van der Waals surface area contributed by atoms with Gasteiger partial charge in [-0.3, -0.25) is 14.5 Å². The molecule has 0 radical (unpaired) electrons. The molecule has 0 bridgehead atoms. The van der Waals surface area contributed by atoms with Gasteiger partial charge < -0.3 is 0 Å². The van der Waals surface area contributed by atoms with Crippen LogP contribution >= 0.6 is 22.9 Å². The molecule has 0 fully saturated rings. The summed E-state index contributed by atoms with van der Waals surface area (Å²) in [5.41, 5.74) is 1.45. The Morgan fingerprint density at radius 1 is 1.47 bits per heavy atom. The third-order valence-corrected chi connectivity index (χ3v) is 3.76. The molecule has 19 heavy (non-hydrogen) atoms. The van der Waals surface area contributed by atoms with Crippen LogP contribution in [0.2, 0.25) is 5.02 Å². The second-order valence-corrected chi connectivity index (χ2v) is 5.34. The average molecular weight is 294 g/mol. The second kappa shape index (κ2) is 4.64. The molecule has 0 unspecified atom stereocenters. The second-order valence-electron chi connectivity index (χ2n) is 4.03. The molecule has 0 saturated heterocycles. The summed E-state index contributed by atoms with van der Waals surface area (Å²) in [6, 6.07) is 4.70. The van der Waals surface area contributed by atoms with Crippen LogP contribution in [0.1, 0.15) is 11.3 Å². The van der Waals surface area contributed by atoms with Crippen LogP contribution in [0.4, 0.5) is 5.69 Å². The molecular weight excluding hydrogens is 286 g/mol. The Balaban J connectivity index is 1.98. The molecule has 7 heteroatoms. The fraction of sp³-hybridized carbons (Fsp3) is 0.0833. The van der Waals surface area contributed by atoms with E-state index in [-0.39, 0.29) is 5.69 Å². The maximum atomic E-state index is 11.0. The summed E-state index contributed by atoms with van der Waals surface area (Å²) in [5, 5.41) is 13.3. The number of nitrogens with zero attached hydrogens (tertiary/aromatic N) is 3. The van der Waals surface area contributed by atoms with Crippen molar-refractivity contribution in [3.63, 3.8) is 0 Å². The van der Waals surface area contributed by atoms with Crippen LogP contribution in [-0.2, 0) is 6.42 Å². The summed E-state index contributed by atoms with van der Waals surface area (Å²) in [5.74, 6) is 0. The predicted octanol–water partition coefficient (Wildman–Crippen LogP) is 3.55. The first-order valence-corrected chi connectivity index (χ1v) is 6.73. The number of hydrogen-bond acceptors (Lipinski definition) is 4. The van der Waals surface area contributed by atoms with Crippen LogP contribution in [0.25, 0.3) is 4.96 Å². The van der Waals surface area contributed by atoms with Crippen molar-refractivity contribution in [3.05, 3.63) is 62.4 Å². The van der Waals surface area contributed by atoms with Crippen molar-refractivity contribution in [2.24, 2.45) is 0 Å². The van der Waals surface area contributed by atoms with Crippen molar-refractivity contribution < 1.29 is 4.92 Å². The van der Waals surface area contributed by atoms with Gasteiger partial charge in [-0.25, -0.2) is 4.98 Å². The number of halogens is 1. The quantitative estimate of drug-likeness (QED) is 0.548. The normalized spacial score (nSPS) is 11.0. The van der Waals surface area contributed by atoms with Gasteiger partial charge in [0.05, 0.1) is 10.6 Å². The zero-order valence-corrected chi connectivity index (χ0v) is 11.2. The van der Waals surface area contributed by atoms with Gasteiger partial charge in [0.1, 0.15) is 0 Å². The van der Waals surface area contributed by atoms with Gasteiger partial charge in [-0.05, 0) is 6.07 Å². The highest BCUT2D eigenvalue weighted by atomic mass is 35.5. The van der Waals surface area contributed by atoms with E-state index in [9.17, 15) is 10.1 Å². The van der Waals surface area contributed by atoms with Crippen molar-refractivity contribution in [1.82, 2.24) is 9.38 Å². The highest BCUT2D eigenvalue weighted by Gasteiger charge is 2.16. The highest BCUT2D eigenvalue weighted by molar-refractivity contribution is 7.15. The Morgan fingerprint density at radius 2 is 2.32 bits per heavy atom. The largest absolute Gasteiger partial charge is 0.297 e. The Hall–Kier alpha value is -1.92. The van der Waals surface area contributed by atoms with Crippen molar-refractivity contribution in [1.29, 1.82) is 0 Å². The molecule has 0 atom stereocenters. The van der Waals surface area contributed by atoms with Gasteiger partial charge in [0.2, 0.25) is 0 Å². The maximum absolute atomic E-state index is 11.0. The van der Waals surface area contributed by atoms with Gasteiger partial charge >= 0.3 is 0 Å². The fourth-order valence-corrected chi connectivity index (χ4v) is 2.80. The standard InChI is InChI=1S/C12H8ClN3O2S/c13-9-2-1-8(11(6-9)16(17)18)5-10-7-15-3-4-19-12(15)14-10/h1-4,6-7H,5H2. The van der Waals surface area contributed by atoms with E-state index in [2.05, 4.69) is 4.98 Å². The average Bonchev–Trinajstić information content (AvgIpc) is 2.91. The van der Waals surface area contributed by atoms with Crippen LogP contribution in [0.3, 0.4) is 0 Å². The Morgan fingerprint density at radius 3 is 3.05 bits per heavy atom. The minimum absolute atomic E-state index is 0.0313. The molecule has 2 aromatic heterocycles. The van der Waals surface area contributed by atoms with E-state index in [1.165, 1.54) is 17.4 Å². The van der Waals surface area contributed by atoms with Crippen LogP contribution in [-0.4, -0.2) is 14.3 Å². The maximum Gasteiger partial charge on any atom is 0.274 e. The van der Waals surface area contributed by atoms with Crippen LogP contribution in [0.15, 0.2) is 36.0 Å². The molecule has 0 saturated carbocycles. The predicted molar refractivity (Wildman–Crippen MR) is 74.0 cm³/mol. The lowest BCUT2D eigenvalue weighted by Crippen LogP contribution is -1.97. The fourth-order valence-electron chi connectivity index (χ4n) is 1.91. The molecule has 5 nitrogen and oxygen atoms in total. The molecule has 0 spiro atoms. The van der Waals surface area contributed by atoms with Crippen LogP contribution < -0.4 is 0 Å². The number of nitro groups is 1. The van der Waals surface area contributed by atoms with Crippen LogP contribution in [0.5, 0.6) is 0 Å². The summed E-state index contributed by atoms with van der Waals surface area (Å²) in [6.45, 7) is 0. The first-order valence-electron chi connectivity index (χ1n) is 5.47.